The largest absolute Gasteiger partial charge is 0.388 e. The van der Waals surface area contributed by atoms with Gasteiger partial charge in [-0.05, 0) is 36.8 Å². The molecule has 1 amide bonds. The first-order chi connectivity index (χ1) is 9.85. The Kier molecular flexibility index (Phi) is 4.81. The van der Waals surface area contributed by atoms with E-state index in [9.17, 15) is 19.8 Å². The van der Waals surface area contributed by atoms with Crippen LogP contribution in [0.1, 0.15) is 41.9 Å². The van der Waals surface area contributed by atoms with E-state index in [0.717, 1.165) is 5.56 Å². The van der Waals surface area contributed by atoms with Gasteiger partial charge in [-0.2, -0.15) is 0 Å². The monoisotopic (exact) mass is 311 g/mol. The summed E-state index contributed by atoms with van der Waals surface area (Å²) in [6, 6.07) is 1.74. The van der Waals surface area contributed by atoms with Crippen molar-refractivity contribution in [2.24, 2.45) is 0 Å². The molecule has 2 N–H and O–H groups in total. The third-order valence-corrected chi connectivity index (χ3v) is 5.23. The van der Waals surface area contributed by atoms with Gasteiger partial charge in [-0.3, -0.25) is 9.59 Å². The number of Topliss-reactive ketones (excluding diaryl/α,β-unsaturated/α-hetero) is 1. The molecule has 116 valence electrons. The zero-order valence-corrected chi connectivity index (χ0v) is 13.2. The van der Waals surface area contributed by atoms with Crippen molar-refractivity contribution in [3.8, 4) is 0 Å². The number of aliphatic hydroxyl groups excluding tert-OH is 1. The minimum absolute atomic E-state index is 0.0000959. The van der Waals surface area contributed by atoms with Gasteiger partial charge in [0.15, 0.2) is 5.78 Å². The minimum atomic E-state index is -1.08. The number of nitrogens with zero attached hydrogens (tertiary/aromatic N) is 1. The molecule has 2 heterocycles. The van der Waals surface area contributed by atoms with Gasteiger partial charge in [-0.15, -0.1) is 11.3 Å². The molecule has 0 spiro atoms. The molecule has 1 aromatic rings. The second-order valence-electron chi connectivity index (χ2n) is 5.61. The number of carbonyl (C=O) groups excluding carboxylic acids is 2. The first-order valence-corrected chi connectivity index (χ1v) is 8.00. The van der Waals surface area contributed by atoms with Gasteiger partial charge in [-0.1, -0.05) is 6.92 Å². The zero-order valence-electron chi connectivity index (χ0n) is 12.3. The molecule has 0 aromatic carbocycles. The van der Waals surface area contributed by atoms with Crippen LogP contribution < -0.4 is 0 Å². The Morgan fingerprint density at radius 1 is 1.52 bits per heavy atom. The molecule has 1 aliphatic rings. The Balaban J connectivity index is 1.96. The number of hydrogen-bond acceptors (Lipinski definition) is 5. The molecule has 1 aliphatic heterocycles. The Morgan fingerprint density at radius 2 is 2.24 bits per heavy atom. The summed E-state index contributed by atoms with van der Waals surface area (Å²) in [5, 5.41) is 22.0. The summed E-state index contributed by atoms with van der Waals surface area (Å²) in [6.07, 6.45) is 0.179. The van der Waals surface area contributed by atoms with Gasteiger partial charge >= 0.3 is 0 Å². The number of amides is 1. The lowest BCUT2D eigenvalue weighted by molar-refractivity contribution is -0.149. The molecule has 0 aliphatic carbocycles. The van der Waals surface area contributed by atoms with Crippen LogP contribution >= 0.6 is 11.3 Å². The van der Waals surface area contributed by atoms with Crippen molar-refractivity contribution in [1.82, 2.24) is 4.90 Å². The highest BCUT2D eigenvalue weighted by molar-refractivity contribution is 7.12. The van der Waals surface area contributed by atoms with E-state index in [4.69, 9.17) is 0 Å². The zero-order chi connectivity index (χ0) is 15.6. The predicted octanol–water partition coefficient (Wildman–Crippen LogP) is 1.23. The SMILES string of the molecule is CC[C@]1(O)CCN(C(=O)Cc2csc(C(C)=O)c2)C[C@@H]1O. The number of ketones is 1. The number of piperidine rings is 1. The average molecular weight is 311 g/mol. The molecule has 1 fully saturated rings. The molecule has 2 rings (SSSR count). The van der Waals surface area contributed by atoms with E-state index < -0.39 is 11.7 Å². The summed E-state index contributed by atoms with van der Waals surface area (Å²) < 4.78 is 0. The summed E-state index contributed by atoms with van der Waals surface area (Å²) in [4.78, 5) is 25.7. The van der Waals surface area contributed by atoms with E-state index in [1.807, 2.05) is 12.3 Å². The van der Waals surface area contributed by atoms with Crippen molar-refractivity contribution in [1.29, 1.82) is 0 Å². The molecule has 0 bridgehead atoms. The lowest BCUT2D eigenvalue weighted by atomic mass is 9.86. The van der Waals surface area contributed by atoms with Crippen LogP contribution in [0.2, 0.25) is 0 Å². The van der Waals surface area contributed by atoms with E-state index in [1.54, 1.807) is 11.0 Å². The molecule has 5 nitrogen and oxygen atoms in total. The van der Waals surface area contributed by atoms with Crippen molar-refractivity contribution >= 4 is 23.0 Å². The van der Waals surface area contributed by atoms with Crippen LogP contribution in [-0.4, -0.2) is 51.6 Å². The molecule has 21 heavy (non-hydrogen) atoms. The average Bonchev–Trinajstić information content (AvgIpc) is 2.90. The topological polar surface area (TPSA) is 77.8 Å². The molecule has 0 radical (unpaired) electrons. The number of thiophene rings is 1. The predicted molar refractivity (Wildman–Crippen MR) is 80.5 cm³/mol. The summed E-state index contributed by atoms with van der Waals surface area (Å²) in [6.45, 7) is 3.94. The van der Waals surface area contributed by atoms with Crippen molar-refractivity contribution < 1.29 is 19.8 Å². The van der Waals surface area contributed by atoms with Gasteiger partial charge in [0.05, 0.1) is 16.9 Å². The lowest BCUT2D eigenvalue weighted by Gasteiger charge is -2.41. The Morgan fingerprint density at radius 3 is 2.76 bits per heavy atom. The third-order valence-electron chi connectivity index (χ3n) is 4.15. The fraction of sp³-hybridized carbons (Fsp3) is 0.600. The Bertz CT molecular complexity index is 542. The minimum Gasteiger partial charge on any atom is -0.388 e. The molecule has 1 aromatic heterocycles. The number of likely N-dealkylation sites (tertiary alicyclic amines) is 1. The van der Waals surface area contributed by atoms with Gasteiger partial charge < -0.3 is 15.1 Å². The quantitative estimate of drug-likeness (QED) is 0.820. The van der Waals surface area contributed by atoms with Crippen molar-refractivity contribution in [2.75, 3.05) is 13.1 Å². The second kappa shape index (κ2) is 6.25. The number of carbonyl (C=O) groups is 2. The van der Waals surface area contributed by atoms with Crippen molar-refractivity contribution in [2.45, 2.75) is 44.8 Å². The molecular weight excluding hydrogens is 290 g/mol. The van der Waals surface area contributed by atoms with Crippen LogP contribution in [0.15, 0.2) is 11.4 Å². The first kappa shape index (κ1) is 16.1. The fourth-order valence-corrected chi connectivity index (χ4v) is 3.36. The summed E-state index contributed by atoms with van der Waals surface area (Å²) in [5.74, 6) is -0.0831. The van der Waals surface area contributed by atoms with Crippen LogP contribution in [0.4, 0.5) is 0 Å². The van der Waals surface area contributed by atoms with E-state index >= 15 is 0 Å². The summed E-state index contributed by atoms with van der Waals surface area (Å²) in [5.41, 5.74) is -0.262. The third kappa shape index (κ3) is 3.51. The Hall–Kier alpha value is -1.24. The van der Waals surface area contributed by atoms with Crippen molar-refractivity contribution in [3.05, 3.63) is 21.9 Å². The van der Waals surface area contributed by atoms with Crippen LogP contribution in [-0.2, 0) is 11.2 Å². The first-order valence-electron chi connectivity index (χ1n) is 7.12. The maximum atomic E-state index is 12.2. The van der Waals surface area contributed by atoms with E-state index in [2.05, 4.69) is 0 Å². The normalized spacial score (nSPS) is 25.9. The molecule has 0 saturated carbocycles. The second-order valence-corrected chi connectivity index (χ2v) is 6.53. The molecular formula is C15H21NO4S. The van der Waals surface area contributed by atoms with Crippen LogP contribution in [0, 0.1) is 0 Å². The fourth-order valence-electron chi connectivity index (χ4n) is 2.54. The summed E-state index contributed by atoms with van der Waals surface area (Å²) in [7, 11) is 0. The molecule has 1 saturated heterocycles. The van der Waals surface area contributed by atoms with E-state index in [0.29, 0.717) is 24.3 Å². The number of β-amino-alcohol motifs (C(OH)–C–C–N with tert-alkyl or cyclic N) is 1. The Labute approximate surface area is 128 Å². The van der Waals surface area contributed by atoms with Crippen LogP contribution in [0.3, 0.4) is 0 Å². The van der Waals surface area contributed by atoms with Crippen LogP contribution in [0.25, 0.3) is 0 Å². The van der Waals surface area contributed by atoms with Crippen LogP contribution in [0.5, 0.6) is 0 Å². The molecule has 2 atom stereocenters. The van der Waals surface area contributed by atoms with Gasteiger partial charge in [0, 0.05) is 13.1 Å². The summed E-state index contributed by atoms with van der Waals surface area (Å²) >= 11 is 1.34. The van der Waals surface area contributed by atoms with Gasteiger partial charge in [0.2, 0.25) is 5.91 Å². The number of aliphatic hydroxyl groups is 2. The highest BCUT2D eigenvalue weighted by Crippen LogP contribution is 2.26. The number of hydrogen-bond donors (Lipinski definition) is 2. The standard InChI is InChI=1S/C15H21NO4S/c1-3-15(20)4-5-16(8-13(15)18)14(19)7-11-6-12(10(2)17)21-9-11/h6,9,13,18,20H,3-5,7-8H2,1-2H3/t13-,15-/m0/s1. The highest BCUT2D eigenvalue weighted by atomic mass is 32.1. The molecule has 0 unspecified atom stereocenters. The molecule has 6 heteroatoms. The number of rotatable bonds is 4. The lowest BCUT2D eigenvalue weighted by Crippen LogP contribution is -2.56. The van der Waals surface area contributed by atoms with Gasteiger partial charge in [-0.25, -0.2) is 0 Å². The maximum absolute atomic E-state index is 12.2. The maximum Gasteiger partial charge on any atom is 0.227 e. The van der Waals surface area contributed by atoms with Gasteiger partial charge in [0.1, 0.15) is 6.10 Å². The van der Waals surface area contributed by atoms with E-state index in [1.165, 1.54) is 18.3 Å². The smallest absolute Gasteiger partial charge is 0.227 e. The van der Waals surface area contributed by atoms with Crippen molar-refractivity contribution in [3.63, 3.8) is 0 Å². The van der Waals surface area contributed by atoms with E-state index in [-0.39, 0.29) is 24.7 Å². The van der Waals surface area contributed by atoms with Gasteiger partial charge in [0.25, 0.3) is 0 Å². The highest BCUT2D eigenvalue weighted by Gasteiger charge is 2.40.